The van der Waals surface area contributed by atoms with Crippen LogP contribution in [0.1, 0.15) is 85.0 Å². The molecule has 0 aromatic carbocycles. The van der Waals surface area contributed by atoms with Gasteiger partial charge >= 0.3 is 0 Å². The minimum atomic E-state index is 0.647. The lowest BCUT2D eigenvalue weighted by molar-refractivity contribution is 0.439. The Morgan fingerprint density at radius 1 is 0.750 bits per heavy atom. The van der Waals surface area contributed by atoms with Crippen LogP contribution in [0, 0.1) is 18.8 Å². The van der Waals surface area contributed by atoms with Crippen LogP contribution in [-0.4, -0.2) is 0 Å². The quantitative estimate of drug-likeness (QED) is 0.377. The largest absolute Gasteiger partial charge is 0.0654 e. The maximum Gasteiger partial charge on any atom is -0.0443 e. The molecule has 16 heavy (non-hydrogen) atoms. The van der Waals surface area contributed by atoms with Crippen molar-refractivity contribution in [1.29, 1.82) is 0 Å². The third kappa shape index (κ3) is 12.1. The molecule has 0 aromatic heterocycles. The molecule has 2 unspecified atom stereocenters. The average Bonchev–Trinajstić information content (AvgIpc) is 2.24. The lowest BCUT2D eigenvalue weighted by Gasteiger charge is -2.10. The van der Waals surface area contributed by atoms with Crippen LogP contribution < -0.4 is 0 Å². The van der Waals surface area contributed by atoms with Crippen molar-refractivity contribution in [3.8, 4) is 0 Å². The molecule has 0 heteroatoms. The van der Waals surface area contributed by atoms with Crippen molar-refractivity contribution >= 4 is 0 Å². The van der Waals surface area contributed by atoms with E-state index < -0.39 is 0 Å². The van der Waals surface area contributed by atoms with Crippen molar-refractivity contribution in [2.45, 2.75) is 85.0 Å². The van der Waals surface area contributed by atoms with Gasteiger partial charge in [-0.15, -0.1) is 0 Å². The summed E-state index contributed by atoms with van der Waals surface area (Å²) in [6.45, 7) is 10.9. The maximum atomic E-state index is 4.02. The molecule has 0 heterocycles. The molecule has 0 aromatic rings. The molecule has 0 spiro atoms. The maximum absolute atomic E-state index is 4.02. The predicted molar refractivity (Wildman–Crippen MR) is 75.5 cm³/mol. The van der Waals surface area contributed by atoms with E-state index in [0.717, 1.165) is 5.92 Å². The van der Waals surface area contributed by atoms with Crippen LogP contribution in [0.3, 0.4) is 0 Å². The normalized spacial score (nSPS) is 13.3. The zero-order valence-electron chi connectivity index (χ0n) is 11.9. The lowest BCUT2D eigenvalue weighted by atomic mass is 9.96. The fourth-order valence-corrected chi connectivity index (χ4v) is 2.21. The summed E-state index contributed by atoms with van der Waals surface area (Å²) in [6.07, 6.45) is 14.1. The Balaban J connectivity index is 3.08. The van der Waals surface area contributed by atoms with Gasteiger partial charge in [-0.25, -0.2) is 0 Å². The summed E-state index contributed by atoms with van der Waals surface area (Å²) >= 11 is 0. The third-order valence-corrected chi connectivity index (χ3v) is 3.44. The molecule has 0 rings (SSSR count). The highest BCUT2D eigenvalue weighted by Crippen LogP contribution is 2.17. The number of hydrogen-bond acceptors (Lipinski definition) is 0. The summed E-state index contributed by atoms with van der Waals surface area (Å²) in [7, 11) is 0. The fourth-order valence-electron chi connectivity index (χ4n) is 2.21. The minimum Gasteiger partial charge on any atom is -0.0654 e. The Kier molecular flexibility index (Phi) is 11.5. The topological polar surface area (TPSA) is 0 Å². The lowest BCUT2D eigenvalue weighted by Crippen LogP contribution is -1.94. The van der Waals surface area contributed by atoms with Gasteiger partial charge in [0.2, 0.25) is 0 Å². The van der Waals surface area contributed by atoms with E-state index in [0.29, 0.717) is 5.92 Å². The van der Waals surface area contributed by atoms with Crippen LogP contribution in [0.25, 0.3) is 0 Å². The second kappa shape index (κ2) is 11.5. The summed E-state index contributed by atoms with van der Waals surface area (Å²) in [5, 5.41) is 0. The zero-order chi connectivity index (χ0) is 12.2. The molecule has 0 saturated carbocycles. The van der Waals surface area contributed by atoms with Crippen molar-refractivity contribution in [3.05, 3.63) is 6.92 Å². The standard InChI is InChI=1S/C16H33/c1-5-6-13-16(4)14-11-9-7-8-10-12-15(2)3/h15-16H,2,5-14H2,1,3-4H3. The number of hydrogen-bond donors (Lipinski definition) is 0. The highest BCUT2D eigenvalue weighted by Gasteiger charge is 2.01. The van der Waals surface area contributed by atoms with Crippen LogP contribution in [-0.2, 0) is 0 Å². The molecule has 1 radical (unpaired) electrons. The SMILES string of the molecule is [CH2]C(C)CCCCCCCC(C)CCCC. The van der Waals surface area contributed by atoms with Gasteiger partial charge in [-0.3, -0.25) is 0 Å². The highest BCUT2D eigenvalue weighted by molar-refractivity contribution is 4.56. The monoisotopic (exact) mass is 225 g/mol. The molecule has 0 N–H and O–H groups in total. The first-order valence-electron chi connectivity index (χ1n) is 7.49. The molecule has 0 aliphatic rings. The average molecular weight is 225 g/mol. The fraction of sp³-hybridized carbons (Fsp3) is 0.938. The Morgan fingerprint density at radius 3 is 1.81 bits per heavy atom. The van der Waals surface area contributed by atoms with Gasteiger partial charge in [-0.2, -0.15) is 0 Å². The molecule has 0 bridgehead atoms. The minimum absolute atomic E-state index is 0.647. The molecule has 0 aliphatic carbocycles. The molecular formula is C16H33. The Bertz CT molecular complexity index is 126. The zero-order valence-corrected chi connectivity index (χ0v) is 11.9. The van der Waals surface area contributed by atoms with E-state index in [1.807, 2.05) is 0 Å². The van der Waals surface area contributed by atoms with Crippen LogP contribution in [0.2, 0.25) is 0 Å². The summed E-state index contributed by atoms with van der Waals surface area (Å²) in [5.74, 6) is 1.61. The molecular weight excluding hydrogens is 192 g/mol. The van der Waals surface area contributed by atoms with Crippen molar-refractivity contribution in [2.24, 2.45) is 11.8 Å². The first kappa shape index (κ1) is 16.0. The van der Waals surface area contributed by atoms with Gasteiger partial charge in [-0.05, 0) is 11.8 Å². The highest BCUT2D eigenvalue weighted by atomic mass is 14.1. The molecule has 0 aliphatic heterocycles. The molecule has 0 nitrogen and oxygen atoms in total. The third-order valence-electron chi connectivity index (χ3n) is 3.44. The summed E-state index contributed by atoms with van der Waals surface area (Å²) in [6, 6.07) is 0. The first-order valence-corrected chi connectivity index (χ1v) is 7.49. The molecule has 97 valence electrons. The van der Waals surface area contributed by atoms with E-state index in [-0.39, 0.29) is 0 Å². The van der Waals surface area contributed by atoms with Gasteiger partial charge in [0.15, 0.2) is 0 Å². The van der Waals surface area contributed by atoms with E-state index in [4.69, 9.17) is 0 Å². The summed E-state index contributed by atoms with van der Waals surface area (Å²) < 4.78 is 0. The smallest absolute Gasteiger partial charge is 0.0443 e. The van der Waals surface area contributed by atoms with Gasteiger partial charge in [0, 0.05) is 0 Å². The Hall–Kier alpha value is 0. The second-order valence-corrected chi connectivity index (χ2v) is 5.70. The van der Waals surface area contributed by atoms with Gasteiger partial charge in [0.05, 0.1) is 0 Å². The van der Waals surface area contributed by atoms with Crippen LogP contribution >= 0.6 is 0 Å². The first-order chi connectivity index (χ1) is 7.66. The van der Waals surface area contributed by atoms with Gasteiger partial charge in [-0.1, -0.05) is 91.9 Å². The summed E-state index contributed by atoms with van der Waals surface area (Å²) in [4.78, 5) is 0. The van der Waals surface area contributed by atoms with Gasteiger partial charge in [0.1, 0.15) is 0 Å². The number of rotatable bonds is 11. The second-order valence-electron chi connectivity index (χ2n) is 5.70. The van der Waals surface area contributed by atoms with Gasteiger partial charge in [0.25, 0.3) is 0 Å². The van der Waals surface area contributed by atoms with E-state index in [9.17, 15) is 0 Å². The molecule has 0 amide bonds. The van der Waals surface area contributed by atoms with Crippen LogP contribution in [0.5, 0.6) is 0 Å². The van der Waals surface area contributed by atoms with E-state index in [2.05, 4.69) is 27.7 Å². The molecule has 0 fully saturated rings. The summed E-state index contributed by atoms with van der Waals surface area (Å²) in [5.41, 5.74) is 0. The van der Waals surface area contributed by atoms with E-state index >= 15 is 0 Å². The number of unbranched alkanes of at least 4 members (excludes halogenated alkanes) is 5. The van der Waals surface area contributed by atoms with Crippen LogP contribution in [0.4, 0.5) is 0 Å². The van der Waals surface area contributed by atoms with Crippen molar-refractivity contribution in [1.82, 2.24) is 0 Å². The molecule has 0 saturated heterocycles. The van der Waals surface area contributed by atoms with Gasteiger partial charge < -0.3 is 0 Å². The van der Waals surface area contributed by atoms with Crippen molar-refractivity contribution in [3.63, 3.8) is 0 Å². The van der Waals surface area contributed by atoms with E-state index in [1.165, 1.54) is 64.2 Å². The molecule has 2 atom stereocenters. The Labute approximate surface area is 104 Å². The predicted octanol–water partition coefficient (Wildman–Crippen LogP) is 6.01. The van der Waals surface area contributed by atoms with E-state index in [1.54, 1.807) is 0 Å². The van der Waals surface area contributed by atoms with Crippen molar-refractivity contribution in [2.75, 3.05) is 0 Å². The van der Waals surface area contributed by atoms with Crippen molar-refractivity contribution < 1.29 is 0 Å². The van der Waals surface area contributed by atoms with Crippen LogP contribution in [0.15, 0.2) is 0 Å². The Morgan fingerprint density at radius 2 is 1.25 bits per heavy atom.